The third-order valence-corrected chi connectivity index (χ3v) is 1.96. The van der Waals surface area contributed by atoms with Gasteiger partial charge in [0.1, 0.15) is 0 Å². The molecule has 0 saturated carbocycles. The Morgan fingerprint density at radius 3 is 1.21 bits per heavy atom. The molecule has 0 aromatic heterocycles. The van der Waals surface area contributed by atoms with Crippen LogP contribution in [-0.2, 0) is 0 Å². The summed E-state index contributed by atoms with van der Waals surface area (Å²) in [5, 5.41) is 2.73. The predicted molar refractivity (Wildman–Crippen MR) is 91.8 cm³/mol. The van der Waals surface area contributed by atoms with Crippen molar-refractivity contribution in [1.82, 2.24) is 5.32 Å². The fourth-order valence-electron chi connectivity index (χ4n) is 0.246. The van der Waals surface area contributed by atoms with E-state index in [0.717, 1.165) is 0 Å². The standard InChI is InChI=1S/C4H4N2.3C4H10.Sn/c1-2-5-4-6-3-1;3*1-3-4-2;/h2-4H,(H,5,6);3*3-4H2,1-2H3;. The number of hydrogen-bond acceptors (Lipinski definition) is 2. The number of hydrogen-bond donors (Lipinski definition) is 1. The van der Waals surface area contributed by atoms with Crippen molar-refractivity contribution < 1.29 is 0 Å². The van der Waals surface area contributed by atoms with E-state index >= 15 is 0 Å². The van der Waals surface area contributed by atoms with E-state index in [0.29, 0.717) is 0 Å². The van der Waals surface area contributed by atoms with Crippen molar-refractivity contribution in [3.8, 4) is 0 Å². The summed E-state index contributed by atoms with van der Waals surface area (Å²) in [6.07, 6.45) is 12.8. The summed E-state index contributed by atoms with van der Waals surface area (Å²) in [5.74, 6) is 0. The molecular formula is C16H34N2Sn. The molecule has 0 unspecified atom stereocenters. The van der Waals surface area contributed by atoms with Crippen molar-refractivity contribution in [2.45, 2.75) is 80.1 Å². The van der Waals surface area contributed by atoms with E-state index in [2.05, 4.69) is 57.6 Å². The second-order valence-electron chi connectivity index (χ2n) is 3.88. The molecule has 0 aliphatic carbocycles. The number of rotatable bonds is 3. The van der Waals surface area contributed by atoms with Gasteiger partial charge in [-0.2, -0.15) is 0 Å². The molecule has 1 aliphatic heterocycles. The van der Waals surface area contributed by atoms with Crippen molar-refractivity contribution >= 4 is 30.2 Å². The predicted octanol–water partition coefficient (Wildman–Crippen LogP) is 5.28. The first kappa shape index (κ1) is 27.2. The summed E-state index contributed by atoms with van der Waals surface area (Å²) >= 11 is 0. The van der Waals surface area contributed by atoms with Crippen LogP contribution in [0.1, 0.15) is 80.1 Å². The number of nitrogens with zero attached hydrogens (tertiary/aromatic N) is 1. The molecule has 0 atom stereocenters. The molecule has 112 valence electrons. The van der Waals surface area contributed by atoms with Crippen LogP contribution in [0.4, 0.5) is 0 Å². The van der Waals surface area contributed by atoms with Crippen LogP contribution < -0.4 is 5.32 Å². The summed E-state index contributed by atoms with van der Waals surface area (Å²) in [6.45, 7) is 13.1. The topological polar surface area (TPSA) is 24.4 Å². The molecule has 0 spiro atoms. The largest absolute Gasteiger partial charge is 0.346 e. The molecule has 0 bridgehead atoms. The maximum absolute atomic E-state index is 3.67. The van der Waals surface area contributed by atoms with Gasteiger partial charge in [-0.25, -0.2) is 4.99 Å². The van der Waals surface area contributed by atoms with Gasteiger partial charge in [-0.3, -0.25) is 0 Å². The fourth-order valence-corrected chi connectivity index (χ4v) is 0.246. The summed E-state index contributed by atoms with van der Waals surface area (Å²) in [4.78, 5) is 3.67. The van der Waals surface area contributed by atoms with Crippen molar-refractivity contribution in [2.24, 2.45) is 4.99 Å². The molecule has 0 aromatic rings. The molecule has 2 nitrogen and oxygen atoms in total. The normalized spacial score (nSPS) is 9.37. The molecule has 3 heteroatoms. The van der Waals surface area contributed by atoms with Gasteiger partial charge in [-0.1, -0.05) is 85.8 Å². The molecule has 1 aliphatic rings. The Morgan fingerprint density at radius 1 is 0.789 bits per heavy atom. The second-order valence-corrected chi connectivity index (χ2v) is 3.88. The Bertz CT molecular complexity index is 179. The quantitative estimate of drug-likeness (QED) is 0.528. The smallest absolute Gasteiger partial charge is 0.0930 e. The number of aliphatic imine (C=N–C) groups is 1. The van der Waals surface area contributed by atoms with Gasteiger partial charge >= 0.3 is 0 Å². The second kappa shape index (κ2) is 36.1. The Labute approximate surface area is 138 Å². The molecule has 1 N–H and O–H groups in total. The van der Waals surface area contributed by atoms with Gasteiger partial charge in [-0.05, 0) is 0 Å². The maximum atomic E-state index is 3.67. The van der Waals surface area contributed by atoms with Crippen LogP contribution >= 0.6 is 0 Å². The van der Waals surface area contributed by atoms with Crippen molar-refractivity contribution in [1.29, 1.82) is 0 Å². The van der Waals surface area contributed by atoms with E-state index in [1.807, 2.05) is 0 Å². The van der Waals surface area contributed by atoms with E-state index in [1.165, 1.54) is 38.5 Å². The first-order chi connectivity index (χ1) is 8.74. The Balaban J connectivity index is -0.0000000796. The molecule has 1 rings (SSSR count). The van der Waals surface area contributed by atoms with Gasteiger partial charge < -0.3 is 5.32 Å². The van der Waals surface area contributed by atoms with Gasteiger partial charge in [-0.15, -0.1) is 0 Å². The van der Waals surface area contributed by atoms with Crippen LogP contribution in [-0.4, -0.2) is 30.2 Å². The molecule has 1 heterocycles. The monoisotopic (exact) mass is 374 g/mol. The summed E-state index contributed by atoms with van der Waals surface area (Å²) in [6, 6.07) is 0. The first-order valence-electron chi connectivity index (χ1n) is 7.41. The van der Waals surface area contributed by atoms with Crippen LogP contribution in [0.25, 0.3) is 0 Å². The maximum Gasteiger partial charge on any atom is 0.0930 e. The van der Waals surface area contributed by atoms with Gasteiger partial charge in [0.15, 0.2) is 0 Å². The minimum Gasteiger partial charge on any atom is -0.346 e. The van der Waals surface area contributed by atoms with Gasteiger partial charge in [0.05, 0.1) is 12.5 Å². The van der Waals surface area contributed by atoms with Gasteiger partial charge in [0, 0.05) is 30.1 Å². The van der Waals surface area contributed by atoms with Crippen LogP contribution in [0, 0.1) is 0 Å². The molecule has 4 radical (unpaired) electrons. The zero-order valence-corrected chi connectivity index (χ0v) is 16.8. The number of unbranched alkanes of at least 4 members (excludes halogenated alkanes) is 3. The molecule has 0 amide bonds. The Kier molecular flexibility index (Phi) is 51.6. The molecular weight excluding hydrogens is 339 g/mol. The zero-order chi connectivity index (χ0) is 14.5. The molecule has 19 heavy (non-hydrogen) atoms. The van der Waals surface area contributed by atoms with E-state index in [9.17, 15) is 0 Å². The molecule has 0 saturated heterocycles. The van der Waals surface area contributed by atoms with Crippen molar-refractivity contribution in [3.05, 3.63) is 18.1 Å². The minimum atomic E-state index is 0. The summed E-state index contributed by atoms with van der Waals surface area (Å²) in [7, 11) is 0. The summed E-state index contributed by atoms with van der Waals surface area (Å²) in [5.41, 5.74) is 2.73. The average molecular weight is 373 g/mol. The third kappa shape index (κ3) is 57.4. The third-order valence-electron chi connectivity index (χ3n) is 1.96. The van der Waals surface area contributed by atoms with E-state index < -0.39 is 0 Å². The fraction of sp³-hybridized carbons (Fsp3) is 0.750. The van der Waals surface area contributed by atoms with Crippen molar-refractivity contribution in [3.63, 3.8) is 0 Å². The Morgan fingerprint density at radius 2 is 1.16 bits per heavy atom. The van der Waals surface area contributed by atoms with Crippen molar-refractivity contribution in [2.75, 3.05) is 0 Å². The average Bonchev–Trinajstić information content (AvgIpc) is 2.49. The van der Waals surface area contributed by atoms with Gasteiger partial charge in [0.25, 0.3) is 0 Å². The van der Waals surface area contributed by atoms with Crippen LogP contribution in [0.2, 0.25) is 0 Å². The Hall–Kier alpha value is -0.211. The molecule has 0 fully saturated rings. The minimum absolute atomic E-state index is 0. The first-order valence-corrected chi connectivity index (χ1v) is 7.41. The van der Waals surface area contributed by atoms with E-state index in [-0.39, 0.29) is 23.9 Å². The zero-order valence-electron chi connectivity index (χ0n) is 13.9. The summed E-state index contributed by atoms with van der Waals surface area (Å²) < 4.78 is 0. The van der Waals surface area contributed by atoms with E-state index in [4.69, 9.17) is 0 Å². The van der Waals surface area contributed by atoms with Gasteiger partial charge in [0.2, 0.25) is 0 Å². The van der Waals surface area contributed by atoms with Crippen LogP contribution in [0.3, 0.4) is 0 Å². The van der Waals surface area contributed by atoms with Crippen LogP contribution in [0.5, 0.6) is 0 Å². The SMILES string of the molecule is C1=CN=CNC=1.CCCC.CCCC.CCCC.[Sn]. The number of nitrogens with one attached hydrogen (secondary N) is 1. The van der Waals surface area contributed by atoms with Crippen LogP contribution in [0.15, 0.2) is 23.1 Å². The van der Waals surface area contributed by atoms with E-state index in [1.54, 1.807) is 18.7 Å². The molecule has 0 aromatic carbocycles.